The minimum atomic E-state index is -1.93. The maximum Gasteiger partial charge on any atom is 0.407 e. The molecule has 107 heavy (non-hydrogen) atoms. The van der Waals surface area contributed by atoms with E-state index >= 15 is 0 Å². The monoisotopic (exact) mass is 1560 g/mol. The lowest BCUT2D eigenvalue weighted by Crippen LogP contribution is -2.68. The van der Waals surface area contributed by atoms with Crippen LogP contribution in [-0.2, 0) is 80.9 Å². The first-order valence-electron chi connectivity index (χ1n) is 35.1. The van der Waals surface area contributed by atoms with Crippen molar-refractivity contribution in [3.05, 3.63) is 0 Å². The van der Waals surface area contributed by atoms with Crippen molar-refractivity contribution in [3.8, 4) is 0 Å². The number of methoxy groups -OCH3 is 2. The number of amides is 6. The summed E-state index contributed by atoms with van der Waals surface area (Å²) in [7, 11) is 3.03. The molecule has 18 unspecified atom stereocenters. The number of carboxylic acids is 3. The van der Waals surface area contributed by atoms with Crippen LogP contribution in [-0.4, -0.2) is 365 Å². The molecule has 3 fully saturated rings. The second-order valence-electron chi connectivity index (χ2n) is 27.8. The van der Waals surface area contributed by atoms with Crippen LogP contribution in [0.1, 0.15) is 107 Å². The number of aliphatic hydroxyl groups is 12. The summed E-state index contributed by atoms with van der Waals surface area (Å²) in [4.78, 5) is 109. The van der Waals surface area contributed by atoms with E-state index in [0.717, 1.165) is 6.42 Å². The second-order valence-corrected chi connectivity index (χ2v) is 27.8. The number of aliphatic hydroxyl groups excluding tert-OH is 12. The number of ether oxygens (including phenoxy) is 11. The maximum absolute atomic E-state index is 12.5. The number of carbonyl (C=O) groups excluding carboxylic acids is 6. The number of hydrogen-bond donors (Lipinski definition) is 21. The molecule has 0 aromatic rings. The second kappa shape index (κ2) is 49.9. The van der Waals surface area contributed by atoms with Gasteiger partial charge in [0.15, 0.2) is 16.8 Å². The zero-order chi connectivity index (χ0) is 81.6. The summed E-state index contributed by atoms with van der Waals surface area (Å²) >= 11 is 0. The summed E-state index contributed by atoms with van der Waals surface area (Å²) in [6.07, 6.45) is -23.0. The van der Waals surface area contributed by atoms with E-state index in [1.807, 2.05) is 34.6 Å². The predicted molar refractivity (Wildman–Crippen MR) is 367 cm³/mol. The highest BCUT2D eigenvalue weighted by Crippen LogP contribution is 2.44. The van der Waals surface area contributed by atoms with Crippen LogP contribution >= 0.6 is 0 Å². The Morgan fingerprint density at radius 1 is 0.439 bits per heavy atom. The number of carbonyl (C=O) groups is 9. The Kier molecular flexibility index (Phi) is 46.1. The van der Waals surface area contributed by atoms with Crippen LogP contribution in [0.5, 0.6) is 0 Å². The number of rotatable bonds is 45. The highest BCUT2D eigenvalue weighted by Gasteiger charge is 2.59. The summed E-state index contributed by atoms with van der Waals surface area (Å²) in [5.41, 5.74) is -6.26. The van der Waals surface area contributed by atoms with Crippen LogP contribution in [0.25, 0.3) is 0 Å². The van der Waals surface area contributed by atoms with Crippen molar-refractivity contribution >= 4 is 53.9 Å². The third kappa shape index (κ3) is 33.9. The van der Waals surface area contributed by atoms with E-state index in [2.05, 4.69) is 31.9 Å². The third-order valence-electron chi connectivity index (χ3n) is 17.5. The van der Waals surface area contributed by atoms with Gasteiger partial charge in [0.05, 0.1) is 103 Å². The molecule has 3 heterocycles. The third-order valence-corrected chi connectivity index (χ3v) is 17.5. The van der Waals surface area contributed by atoms with Crippen LogP contribution in [0.15, 0.2) is 0 Å². The fourth-order valence-electron chi connectivity index (χ4n) is 11.5. The van der Waals surface area contributed by atoms with Crippen LogP contribution in [0.2, 0.25) is 0 Å². The molecule has 41 heteroatoms. The predicted octanol–water partition coefficient (Wildman–Crippen LogP) is -5.43. The number of alkyl carbamates (subject to hydrolysis) is 3. The van der Waals surface area contributed by atoms with Crippen molar-refractivity contribution in [2.45, 2.75) is 215 Å². The quantitative estimate of drug-likeness (QED) is 0.0200. The fraction of sp³-hybridized carbons (Fsp3) is 0.864. The van der Waals surface area contributed by atoms with Gasteiger partial charge in [0, 0.05) is 40.1 Å². The van der Waals surface area contributed by atoms with E-state index in [1.165, 1.54) is 14.2 Å². The van der Waals surface area contributed by atoms with Crippen molar-refractivity contribution in [2.24, 2.45) is 23.2 Å². The van der Waals surface area contributed by atoms with Gasteiger partial charge in [-0.2, -0.15) is 0 Å². The van der Waals surface area contributed by atoms with Crippen molar-refractivity contribution in [3.63, 3.8) is 0 Å². The van der Waals surface area contributed by atoms with E-state index in [9.17, 15) is 120 Å². The van der Waals surface area contributed by atoms with Gasteiger partial charge in [0.2, 0.25) is 17.7 Å². The molecule has 3 aliphatic heterocycles. The smallest absolute Gasteiger partial charge is 0.407 e. The first-order chi connectivity index (χ1) is 50.1. The van der Waals surface area contributed by atoms with Gasteiger partial charge in [-0.15, -0.1) is 0 Å². The van der Waals surface area contributed by atoms with Crippen LogP contribution in [0.3, 0.4) is 0 Å². The Labute approximate surface area is 620 Å². The molecule has 41 nitrogen and oxygen atoms in total. The standard InChI is InChI=1S/C24H44N2O11.2C21H38N2O12/c1-6-7-35-8-9-36-22(34)25-11-17(30)26-18-15(28)10-24(21(32)33,13-23(4,5)14(2)3)37-20(18)19(31)16(29)12-27;2*1-12(2)8-21(19(29)30)9-13(25)16(18(35-21)17(28)14(26)11-24)23-15(27)10-22-20(31)34-7-6-33-5-4-32-3/h14-16,18-20,27-29,31H,6-13H2,1-5H3,(H,25,34)(H,26,30)(H,32,33);2*12-14,16-18,24-26,28H,4-11H2,1-3H3,(H,22,31)(H,23,27)(H,29,30). The molecule has 0 aromatic heterocycles. The van der Waals surface area contributed by atoms with Gasteiger partial charge < -0.3 is 161 Å². The van der Waals surface area contributed by atoms with Crippen molar-refractivity contribution in [1.82, 2.24) is 31.9 Å². The van der Waals surface area contributed by atoms with Crippen LogP contribution in [0, 0.1) is 23.2 Å². The largest absolute Gasteiger partial charge is 0.479 e. The SMILES string of the molecule is CCCOCCOC(=O)NCC(=O)NC1C(O)CC(CC(C)(C)C(C)C)(C(=O)O)OC1C(O)C(O)CO.COCCOCCOC(=O)NCC(=O)NC1C(O)CC(CC(C)C)(C(=O)O)OC1C(O)C(O)CO.COCCOCCOC(=O)NCC(=O)NC1C(O)CC(CC(C)C)(C(=O)O)OC1C(O)C(O)CO. The first-order valence-corrected chi connectivity index (χ1v) is 35.1. The highest BCUT2D eigenvalue weighted by molar-refractivity contribution is 5.84. The van der Waals surface area contributed by atoms with Gasteiger partial charge in [-0.25, -0.2) is 28.8 Å². The fourth-order valence-corrected chi connectivity index (χ4v) is 11.5. The van der Waals surface area contributed by atoms with E-state index < -0.39 is 226 Å². The summed E-state index contributed by atoms with van der Waals surface area (Å²) in [6.45, 7) is 14.4. The molecule has 0 aromatic carbocycles. The topological polar surface area (TPSA) is 631 Å². The van der Waals surface area contributed by atoms with E-state index in [-0.39, 0.29) is 76.7 Å². The molecule has 0 saturated carbocycles. The van der Waals surface area contributed by atoms with E-state index in [1.54, 1.807) is 27.7 Å². The van der Waals surface area contributed by atoms with Gasteiger partial charge in [-0.05, 0) is 48.9 Å². The molecule has 624 valence electrons. The molecule has 0 radical (unpaired) electrons. The summed E-state index contributed by atoms with van der Waals surface area (Å²) in [6, 6.07) is -4.03. The summed E-state index contributed by atoms with van der Waals surface area (Å²) < 4.78 is 56.9. The molecular weight excluding hydrogens is 1440 g/mol. The molecule has 3 saturated heterocycles. The summed E-state index contributed by atoms with van der Waals surface area (Å²) in [5, 5.41) is 165. The Morgan fingerprint density at radius 3 is 0.963 bits per heavy atom. The zero-order valence-electron chi connectivity index (χ0n) is 62.7. The van der Waals surface area contributed by atoms with Crippen molar-refractivity contribution < 1.29 is 172 Å². The Morgan fingerprint density at radius 2 is 0.710 bits per heavy atom. The zero-order valence-corrected chi connectivity index (χ0v) is 62.7. The van der Waals surface area contributed by atoms with Crippen LogP contribution in [0.4, 0.5) is 14.4 Å². The minimum Gasteiger partial charge on any atom is -0.479 e. The lowest BCUT2D eigenvalue weighted by Gasteiger charge is -2.49. The van der Waals surface area contributed by atoms with E-state index in [0.29, 0.717) is 33.0 Å². The Bertz CT molecular complexity index is 2540. The van der Waals surface area contributed by atoms with Gasteiger partial charge in [0.1, 0.15) is 94.4 Å². The van der Waals surface area contributed by atoms with E-state index in [4.69, 9.17) is 52.1 Å². The number of aliphatic carboxylic acids is 3. The molecule has 0 aliphatic carbocycles. The average Bonchev–Trinajstić information content (AvgIpc) is 0.772. The number of hydrogen-bond acceptors (Lipinski definition) is 32. The Balaban J connectivity index is 0.000000803. The normalized spacial score (nSPS) is 26.0. The average molecular weight is 1560 g/mol. The highest BCUT2D eigenvalue weighted by atomic mass is 16.6. The molecule has 3 aliphatic rings. The Hall–Kier alpha value is -6.17. The van der Waals surface area contributed by atoms with Gasteiger partial charge in [-0.3, -0.25) is 14.4 Å². The number of nitrogens with one attached hydrogen (secondary N) is 6. The molecule has 21 N–H and O–H groups in total. The van der Waals surface area contributed by atoms with Gasteiger partial charge in [-0.1, -0.05) is 62.3 Å². The van der Waals surface area contributed by atoms with Gasteiger partial charge in [0.25, 0.3) is 0 Å². The molecular formula is C66H120N6O35. The molecule has 3 rings (SSSR count). The molecule has 18 atom stereocenters. The summed E-state index contributed by atoms with van der Waals surface area (Å²) in [5.74, 6) is -6.78. The van der Waals surface area contributed by atoms with Crippen molar-refractivity contribution in [1.29, 1.82) is 0 Å². The van der Waals surface area contributed by atoms with Crippen molar-refractivity contribution in [2.75, 3.05) is 126 Å². The molecule has 6 amide bonds. The minimum absolute atomic E-state index is 0.0128. The van der Waals surface area contributed by atoms with Crippen LogP contribution < -0.4 is 31.9 Å². The number of carboxylic acid groups (broad SMARTS) is 3. The van der Waals surface area contributed by atoms with Gasteiger partial charge >= 0.3 is 36.2 Å². The lowest BCUT2D eigenvalue weighted by molar-refractivity contribution is -0.237. The maximum atomic E-state index is 12.5. The molecule has 0 spiro atoms. The molecule has 0 bridgehead atoms. The first kappa shape index (κ1) is 98.8. The lowest BCUT2D eigenvalue weighted by atomic mass is 9.69.